The summed E-state index contributed by atoms with van der Waals surface area (Å²) in [6, 6.07) is 0. The minimum Gasteiger partial charge on any atom is -0.676 e. The Morgan fingerprint density at radius 2 is 1.43 bits per heavy atom. The molecule has 0 unspecified atom stereocenters. The summed E-state index contributed by atoms with van der Waals surface area (Å²) >= 11 is 0. The Hall–Kier alpha value is 1.04. The number of terminal acetylenes is 1. The Bertz CT molecular complexity index is 139. The average Bonchev–Trinajstić information content (AvgIpc) is 2.16. The van der Waals surface area contributed by atoms with Crippen LogP contribution in [0.4, 0.5) is 0 Å². The van der Waals surface area contributed by atoms with Crippen molar-refractivity contribution in [3.8, 4) is 12.3 Å². The molecule has 0 aromatic heterocycles. The fraction of sp³-hybridized carbons (Fsp3) is 0.778. The van der Waals surface area contributed by atoms with E-state index in [4.69, 9.17) is 26.4 Å². The summed E-state index contributed by atoms with van der Waals surface area (Å²) in [6.07, 6.45) is 4.97. The third kappa shape index (κ3) is 15.5. The molecule has 0 fully saturated rings. The maximum atomic E-state index is 6.79. The SMILES string of the molecule is C#CCOCCOCCOCC[NH-].[K+]. The summed E-state index contributed by atoms with van der Waals surface area (Å²) < 4.78 is 15.2. The fourth-order valence-corrected chi connectivity index (χ4v) is 0.643. The van der Waals surface area contributed by atoms with Crippen molar-refractivity contribution < 1.29 is 65.6 Å². The molecule has 0 aromatic rings. The Kier molecular flexibility index (Phi) is 20.5. The molecule has 76 valence electrons. The van der Waals surface area contributed by atoms with Gasteiger partial charge in [0, 0.05) is 6.61 Å². The van der Waals surface area contributed by atoms with Gasteiger partial charge in [-0.05, 0) is 0 Å². The van der Waals surface area contributed by atoms with Crippen LogP contribution in [0.15, 0.2) is 0 Å². The summed E-state index contributed by atoms with van der Waals surface area (Å²) in [5.41, 5.74) is 6.79. The van der Waals surface area contributed by atoms with Crippen LogP contribution in [-0.4, -0.2) is 46.2 Å². The number of rotatable bonds is 9. The Morgan fingerprint density at radius 1 is 0.929 bits per heavy atom. The molecule has 14 heavy (non-hydrogen) atoms. The molecule has 1 N–H and O–H groups in total. The fourth-order valence-electron chi connectivity index (χ4n) is 0.643. The number of hydrogen-bond acceptors (Lipinski definition) is 3. The van der Waals surface area contributed by atoms with Crippen LogP contribution in [0.25, 0.3) is 5.73 Å². The summed E-state index contributed by atoms with van der Waals surface area (Å²) in [5, 5.41) is 0. The van der Waals surface area contributed by atoms with Crippen LogP contribution < -0.4 is 51.4 Å². The molecule has 5 heteroatoms. The summed E-state index contributed by atoms with van der Waals surface area (Å²) in [4.78, 5) is 0. The molecule has 4 nitrogen and oxygen atoms in total. The zero-order valence-electron chi connectivity index (χ0n) is 8.75. The van der Waals surface area contributed by atoms with Gasteiger partial charge in [-0.3, -0.25) is 0 Å². The van der Waals surface area contributed by atoms with Crippen LogP contribution in [0.3, 0.4) is 0 Å². The predicted molar refractivity (Wildman–Crippen MR) is 50.5 cm³/mol. The molecule has 0 atom stereocenters. The molecule has 0 aliphatic carbocycles. The van der Waals surface area contributed by atoms with Gasteiger partial charge in [0.25, 0.3) is 0 Å². The minimum atomic E-state index is 0. The maximum absolute atomic E-state index is 6.79. The van der Waals surface area contributed by atoms with E-state index >= 15 is 0 Å². The van der Waals surface area contributed by atoms with E-state index in [9.17, 15) is 0 Å². The van der Waals surface area contributed by atoms with Crippen molar-refractivity contribution in [1.29, 1.82) is 0 Å². The molecule has 0 bridgehead atoms. The van der Waals surface area contributed by atoms with Gasteiger partial charge in [-0.1, -0.05) is 5.92 Å². The van der Waals surface area contributed by atoms with E-state index < -0.39 is 0 Å². The van der Waals surface area contributed by atoms with Gasteiger partial charge in [0.15, 0.2) is 0 Å². The Morgan fingerprint density at radius 3 is 1.93 bits per heavy atom. The van der Waals surface area contributed by atoms with Crippen molar-refractivity contribution in [2.45, 2.75) is 0 Å². The normalized spacial score (nSPS) is 9.14. The molecule has 0 aromatic carbocycles. The standard InChI is InChI=1S/C9H16NO3.K/c1-2-4-11-6-8-13-9-7-12-5-3-10;/h1,10H,3-9H2;/q-1;+1. The van der Waals surface area contributed by atoms with E-state index in [2.05, 4.69) is 5.92 Å². The van der Waals surface area contributed by atoms with Crippen LogP contribution in [0.2, 0.25) is 0 Å². The zero-order chi connectivity index (χ0) is 9.78. The molecular weight excluding hydrogens is 209 g/mol. The van der Waals surface area contributed by atoms with Crippen molar-refractivity contribution in [3.05, 3.63) is 5.73 Å². The number of ether oxygens (including phenoxy) is 3. The van der Waals surface area contributed by atoms with Crippen molar-refractivity contribution in [2.24, 2.45) is 0 Å². The quantitative estimate of drug-likeness (QED) is 0.252. The average molecular weight is 225 g/mol. The smallest absolute Gasteiger partial charge is 0.676 e. The molecule has 0 heterocycles. The molecular formula is C9H16KNO3. The van der Waals surface area contributed by atoms with E-state index in [1.165, 1.54) is 0 Å². The summed E-state index contributed by atoms with van der Waals surface area (Å²) in [6.45, 7) is 3.23. The van der Waals surface area contributed by atoms with E-state index in [1.54, 1.807) is 0 Å². The maximum Gasteiger partial charge on any atom is 1.00 e. The van der Waals surface area contributed by atoms with Gasteiger partial charge in [0.05, 0.1) is 26.4 Å². The van der Waals surface area contributed by atoms with E-state index in [0.717, 1.165) is 0 Å². The van der Waals surface area contributed by atoms with Crippen LogP contribution in [0.5, 0.6) is 0 Å². The van der Waals surface area contributed by atoms with Gasteiger partial charge < -0.3 is 19.9 Å². The van der Waals surface area contributed by atoms with Gasteiger partial charge in [-0.15, -0.1) is 13.0 Å². The first-order valence-corrected chi connectivity index (χ1v) is 4.23. The second-order valence-electron chi connectivity index (χ2n) is 2.23. The van der Waals surface area contributed by atoms with Gasteiger partial charge in [-0.2, -0.15) is 0 Å². The first-order valence-electron chi connectivity index (χ1n) is 4.23. The molecule has 0 aliphatic heterocycles. The van der Waals surface area contributed by atoms with Crippen LogP contribution >= 0.6 is 0 Å². The molecule has 0 saturated heterocycles. The molecule has 0 saturated carbocycles. The first kappa shape index (κ1) is 17.4. The van der Waals surface area contributed by atoms with Gasteiger partial charge in [0.2, 0.25) is 0 Å². The third-order valence-electron chi connectivity index (χ3n) is 1.18. The zero-order valence-corrected chi connectivity index (χ0v) is 11.9. The summed E-state index contributed by atoms with van der Waals surface area (Å²) in [5.74, 6) is 2.36. The van der Waals surface area contributed by atoms with E-state index in [0.29, 0.717) is 46.2 Å². The monoisotopic (exact) mass is 225 g/mol. The van der Waals surface area contributed by atoms with Crippen LogP contribution in [-0.2, 0) is 14.2 Å². The van der Waals surface area contributed by atoms with Crippen LogP contribution in [0.1, 0.15) is 0 Å². The molecule has 0 aliphatic rings. The third-order valence-corrected chi connectivity index (χ3v) is 1.18. The van der Waals surface area contributed by atoms with Crippen molar-refractivity contribution >= 4 is 0 Å². The van der Waals surface area contributed by atoms with Crippen LogP contribution in [0, 0.1) is 12.3 Å². The Balaban J connectivity index is 0. The second kappa shape index (κ2) is 16.5. The van der Waals surface area contributed by atoms with Crippen molar-refractivity contribution in [2.75, 3.05) is 46.2 Å². The summed E-state index contributed by atoms with van der Waals surface area (Å²) in [7, 11) is 0. The number of hydrogen-bond donors (Lipinski definition) is 0. The Labute approximate surface area is 128 Å². The number of nitrogens with one attached hydrogen (secondary N) is 1. The first-order chi connectivity index (χ1) is 6.41. The second-order valence-corrected chi connectivity index (χ2v) is 2.23. The molecule has 0 amide bonds. The molecule has 0 spiro atoms. The topological polar surface area (TPSA) is 51.5 Å². The molecule has 0 radical (unpaired) electrons. The van der Waals surface area contributed by atoms with Crippen molar-refractivity contribution in [1.82, 2.24) is 0 Å². The van der Waals surface area contributed by atoms with E-state index in [1.807, 2.05) is 0 Å². The van der Waals surface area contributed by atoms with Gasteiger partial charge in [0.1, 0.15) is 6.61 Å². The molecule has 0 rings (SSSR count). The predicted octanol–water partition coefficient (Wildman–Crippen LogP) is -2.27. The minimum absolute atomic E-state index is 0. The van der Waals surface area contributed by atoms with Gasteiger partial charge >= 0.3 is 51.4 Å². The largest absolute Gasteiger partial charge is 1.00 e. The van der Waals surface area contributed by atoms with Crippen molar-refractivity contribution in [3.63, 3.8) is 0 Å². The van der Waals surface area contributed by atoms with Gasteiger partial charge in [-0.25, -0.2) is 0 Å². The van der Waals surface area contributed by atoms with E-state index in [-0.39, 0.29) is 51.4 Å².